The number of carbonyl (C=O) groups excluding carboxylic acids is 1. The molecule has 2 aromatic carbocycles. The standard InChI is InChI=1S/C23H18FN3O2/c1-15-4-6-16(7-5-15)14-27-21-17(3-2-12-25-21)13-20(23(27)29)22(28)26-19-10-8-18(24)9-11-19/h2-13H,14H2,1H3,(H,26,28). The number of rotatable bonds is 4. The zero-order chi connectivity index (χ0) is 20.4. The van der Waals surface area contributed by atoms with Gasteiger partial charge in [-0.25, -0.2) is 9.37 Å². The molecular weight excluding hydrogens is 369 g/mol. The van der Waals surface area contributed by atoms with Crippen LogP contribution in [-0.2, 0) is 6.54 Å². The minimum atomic E-state index is -0.551. The van der Waals surface area contributed by atoms with E-state index in [-0.39, 0.29) is 5.56 Å². The van der Waals surface area contributed by atoms with Crippen LogP contribution >= 0.6 is 0 Å². The molecule has 0 radical (unpaired) electrons. The van der Waals surface area contributed by atoms with Crippen LogP contribution in [0, 0.1) is 12.7 Å². The number of amides is 1. The van der Waals surface area contributed by atoms with Crippen LogP contribution in [0.3, 0.4) is 0 Å². The van der Waals surface area contributed by atoms with Crippen LogP contribution in [-0.4, -0.2) is 15.5 Å². The van der Waals surface area contributed by atoms with Crippen LogP contribution in [0.4, 0.5) is 10.1 Å². The molecule has 0 saturated heterocycles. The Balaban J connectivity index is 1.77. The van der Waals surface area contributed by atoms with Gasteiger partial charge in [-0.2, -0.15) is 0 Å². The summed E-state index contributed by atoms with van der Waals surface area (Å²) in [5, 5.41) is 3.33. The van der Waals surface area contributed by atoms with Crippen LogP contribution in [0.25, 0.3) is 11.0 Å². The zero-order valence-corrected chi connectivity index (χ0v) is 15.7. The average Bonchev–Trinajstić information content (AvgIpc) is 2.73. The molecule has 29 heavy (non-hydrogen) atoms. The summed E-state index contributed by atoms with van der Waals surface area (Å²) < 4.78 is 14.6. The molecule has 4 aromatic rings. The normalized spacial score (nSPS) is 10.8. The molecule has 0 spiro atoms. The van der Waals surface area contributed by atoms with Crippen molar-refractivity contribution in [2.75, 3.05) is 5.32 Å². The fraction of sp³-hybridized carbons (Fsp3) is 0.0870. The predicted octanol–water partition coefficient (Wildman–Crippen LogP) is 4.14. The number of hydrogen-bond acceptors (Lipinski definition) is 3. The van der Waals surface area contributed by atoms with Gasteiger partial charge in [0.05, 0.1) is 6.54 Å². The Labute approximate surface area is 166 Å². The van der Waals surface area contributed by atoms with Gasteiger partial charge in [0.1, 0.15) is 17.0 Å². The molecule has 0 saturated carbocycles. The van der Waals surface area contributed by atoms with Crippen LogP contribution in [0.2, 0.25) is 0 Å². The van der Waals surface area contributed by atoms with Gasteiger partial charge >= 0.3 is 0 Å². The maximum atomic E-state index is 13.1. The summed E-state index contributed by atoms with van der Waals surface area (Å²) in [6.07, 6.45) is 1.62. The molecular formula is C23H18FN3O2. The monoisotopic (exact) mass is 387 g/mol. The third kappa shape index (κ3) is 3.91. The van der Waals surface area contributed by atoms with Crippen molar-refractivity contribution in [2.24, 2.45) is 0 Å². The first-order chi connectivity index (χ1) is 14.0. The predicted molar refractivity (Wildman–Crippen MR) is 111 cm³/mol. The Morgan fingerprint density at radius 3 is 2.52 bits per heavy atom. The summed E-state index contributed by atoms with van der Waals surface area (Å²) in [7, 11) is 0. The second-order valence-corrected chi connectivity index (χ2v) is 6.81. The first-order valence-electron chi connectivity index (χ1n) is 9.12. The lowest BCUT2D eigenvalue weighted by Crippen LogP contribution is -2.30. The van der Waals surface area contributed by atoms with E-state index in [0.29, 0.717) is 23.3 Å². The Morgan fingerprint density at radius 1 is 1.07 bits per heavy atom. The first-order valence-corrected chi connectivity index (χ1v) is 9.12. The SMILES string of the molecule is Cc1ccc(Cn2c(=O)c(C(=O)Nc3ccc(F)cc3)cc3cccnc32)cc1. The number of benzene rings is 2. The van der Waals surface area contributed by atoms with Crippen molar-refractivity contribution < 1.29 is 9.18 Å². The lowest BCUT2D eigenvalue weighted by molar-refractivity contribution is 0.102. The molecule has 6 heteroatoms. The van der Waals surface area contributed by atoms with Crippen molar-refractivity contribution in [1.29, 1.82) is 0 Å². The number of anilines is 1. The molecule has 4 rings (SSSR count). The summed E-state index contributed by atoms with van der Waals surface area (Å²) in [6, 6.07) is 18.3. The van der Waals surface area contributed by atoms with Gasteiger partial charge in [0.25, 0.3) is 11.5 Å². The van der Waals surface area contributed by atoms with E-state index in [1.807, 2.05) is 37.3 Å². The molecule has 0 aliphatic carbocycles. The van der Waals surface area contributed by atoms with Crippen molar-refractivity contribution in [2.45, 2.75) is 13.5 Å². The molecule has 2 aromatic heterocycles. The molecule has 0 unspecified atom stereocenters. The average molecular weight is 387 g/mol. The van der Waals surface area contributed by atoms with Gasteiger partial charge in [-0.3, -0.25) is 14.2 Å². The lowest BCUT2D eigenvalue weighted by atomic mass is 10.1. The summed E-state index contributed by atoms with van der Waals surface area (Å²) in [5.74, 6) is -0.953. The van der Waals surface area contributed by atoms with Crippen molar-refractivity contribution in [3.05, 3.63) is 106 Å². The third-order valence-corrected chi connectivity index (χ3v) is 4.66. The number of aryl methyl sites for hydroxylation is 1. The topological polar surface area (TPSA) is 64.0 Å². The lowest BCUT2D eigenvalue weighted by Gasteiger charge is -2.13. The van der Waals surface area contributed by atoms with Crippen LogP contribution < -0.4 is 10.9 Å². The number of hydrogen-bond donors (Lipinski definition) is 1. The molecule has 2 heterocycles. The smallest absolute Gasteiger partial charge is 0.265 e. The number of nitrogens with one attached hydrogen (secondary N) is 1. The van der Waals surface area contributed by atoms with E-state index in [4.69, 9.17) is 0 Å². The van der Waals surface area contributed by atoms with Crippen LogP contribution in [0.1, 0.15) is 21.5 Å². The zero-order valence-electron chi connectivity index (χ0n) is 15.7. The van der Waals surface area contributed by atoms with Gasteiger partial charge in [0.2, 0.25) is 0 Å². The highest BCUT2D eigenvalue weighted by atomic mass is 19.1. The van der Waals surface area contributed by atoms with Gasteiger partial charge in [-0.1, -0.05) is 29.8 Å². The summed E-state index contributed by atoms with van der Waals surface area (Å²) in [6.45, 7) is 2.29. The largest absolute Gasteiger partial charge is 0.322 e. The van der Waals surface area contributed by atoms with Gasteiger partial charge < -0.3 is 5.32 Å². The first kappa shape index (κ1) is 18.6. The highest BCUT2D eigenvalue weighted by Crippen LogP contribution is 2.15. The van der Waals surface area contributed by atoms with Crippen molar-refractivity contribution >= 4 is 22.6 Å². The van der Waals surface area contributed by atoms with Crippen LogP contribution in [0.15, 0.2) is 77.7 Å². The number of fused-ring (bicyclic) bond motifs is 1. The molecule has 0 fully saturated rings. The summed E-state index contributed by atoms with van der Waals surface area (Å²) >= 11 is 0. The molecule has 0 aliphatic heterocycles. The number of aromatic nitrogens is 2. The van der Waals surface area contributed by atoms with E-state index >= 15 is 0 Å². The fourth-order valence-corrected chi connectivity index (χ4v) is 3.12. The molecule has 0 atom stereocenters. The van der Waals surface area contributed by atoms with Gasteiger partial charge in [0, 0.05) is 17.3 Å². The molecule has 5 nitrogen and oxygen atoms in total. The van der Waals surface area contributed by atoms with Crippen molar-refractivity contribution in [3.63, 3.8) is 0 Å². The highest BCUT2D eigenvalue weighted by molar-refractivity contribution is 6.05. The Bertz CT molecular complexity index is 1250. The van der Waals surface area contributed by atoms with Crippen molar-refractivity contribution in [1.82, 2.24) is 9.55 Å². The Hall–Kier alpha value is -3.80. The van der Waals surface area contributed by atoms with Crippen molar-refractivity contribution in [3.8, 4) is 0 Å². The van der Waals surface area contributed by atoms with E-state index in [1.165, 1.54) is 34.9 Å². The minimum absolute atomic E-state index is 0.00179. The van der Waals surface area contributed by atoms with E-state index in [9.17, 15) is 14.0 Å². The maximum absolute atomic E-state index is 13.1. The van der Waals surface area contributed by atoms with E-state index in [0.717, 1.165) is 11.1 Å². The second-order valence-electron chi connectivity index (χ2n) is 6.81. The highest BCUT2D eigenvalue weighted by Gasteiger charge is 2.17. The molecule has 1 amide bonds. The minimum Gasteiger partial charge on any atom is -0.322 e. The Kier molecular flexibility index (Phi) is 4.91. The van der Waals surface area contributed by atoms with Gasteiger partial charge in [-0.05, 0) is 55.0 Å². The van der Waals surface area contributed by atoms with Gasteiger partial charge in [-0.15, -0.1) is 0 Å². The number of carbonyl (C=O) groups is 1. The third-order valence-electron chi connectivity index (χ3n) is 4.66. The van der Waals surface area contributed by atoms with Gasteiger partial charge in [0.15, 0.2) is 0 Å². The summed E-state index contributed by atoms with van der Waals surface area (Å²) in [5.41, 5.74) is 2.54. The van der Waals surface area contributed by atoms with E-state index in [1.54, 1.807) is 12.3 Å². The number of pyridine rings is 2. The summed E-state index contributed by atoms with van der Waals surface area (Å²) in [4.78, 5) is 30.3. The molecule has 1 N–H and O–H groups in total. The van der Waals surface area contributed by atoms with Crippen LogP contribution in [0.5, 0.6) is 0 Å². The maximum Gasteiger partial charge on any atom is 0.265 e. The van der Waals surface area contributed by atoms with E-state index in [2.05, 4.69) is 10.3 Å². The number of halogens is 1. The fourth-order valence-electron chi connectivity index (χ4n) is 3.12. The number of nitrogens with zero attached hydrogens (tertiary/aromatic N) is 2. The Morgan fingerprint density at radius 2 is 1.79 bits per heavy atom. The molecule has 0 bridgehead atoms. The quantitative estimate of drug-likeness (QED) is 0.572. The second kappa shape index (κ2) is 7.67. The molecule has 144 valence electrons. The van der Waals surface area contributed by atoms with E-state index < -0.39 is 17.3 Å². The molecule has 0 aliphatic rings.